The highest BCUT2D eigenvalue weighted by molar-refractivity contribution is 9.10. The van der Waals surface area contributed by atoms with Crippen LogP contribution in [0.2, 0.25) is 0 Å². The van der Waals surface area contributed by atoms with Crippen molar-refractivity contribution >= 4 is 35.7 Å². The van der Waals surface area contributed by atoms with Crippen LogP contribution in [0.4, 0.5) is 0 Å². The Morgan fingerprint density at radius 1 is 1.33 bits per heavy atom. The molecule has 0 unspecified atom stereocenters. The van der Waals surface area contributed by atoms with Crippen molar-refractivity contribution in [2.45, 2.75) is 24.5 Å². The summed E-state index contributed by atoms with van der Waals surface area (Å²) >= 11 is 3.40. The van der Waals surface area contributed by atoms with Crippen LogP contribution < -0.4 is 0 Å². The lowest BCUT2D eigenvalue weighted by atomic mass is 9.91. The molecule has 82 valence electrons. The highest BCUT2D eigenvalue weighted by Gasteiger charge is 2.27. The number of benzene rings is 1. The van der Waals surface area contributed by atoms with Crippen LogP contribution in [0.25, 0.3) is 0 Å². The van der Waals surface area contributed by atoms with Gasteiger partial charge in [0.15, 0.2) is 0 Å². The van der Waals surface area contributed by atoms with Crippen molar-refractivity contribution in [3.05, 3.63) is 33.8 Å². The molecule has 0 amide bonds. The third-order valence-electron chi connectivity index (χ3n) is 2.75. The molecule has 0 aliphatic heterocycles. The predicted molar refractivity (Wildman–Crippen MR) is 64.7 cm³/mol. The minimum Gasteiger partial charge on any atom is -0.212 e. The maximum atomic E-state index is 11.2. The summed E-state index contributed by atoms with van der Waals surface area (Å²) in [6.07, 6.45) is 1.94. The molecule has 2 rings (SSSR count). The average molecular weight is 310 g/mol. The molecule has 1 aliphatic carbocycles. The SMILES string of the molecule is O=S(=O)(Cl)[C@@H]1CCc2cc(Br)ccc2C1. The second-order valence-electron chi connectivity index (χ2n) is 3.75. The van der Waals surface area contributed by atoms with Gasteiger partial charge in [0.1, 0.15) is 0 Å². The van der Waals surface area contributed by atoms with Gasteiger partial charge in [0.25, 0.3) is 0 Å². The largest absolute Gasteiger partial charge is 0.235 e. The van der Waals surface area contributed by atoms with E-state index in [0.29, 0.717) is 12.8 Å². The molecular formula is C10H10BrClO2S. The Bertz CT molecular complexity index is 484. The lowest BCUT2D eigenvalue weighted by Gasteiger charge is -2.22. The fraction of sp³-hybridized carbons (Fsp3) is 0.400. The van der Waals surface area contributed by atoms with E-state index >= 15 is 0 Å². The number of rotatable bonds is 1. The van der Waals surface area contributed by atoms with Crippen molar-refractivity contribution in [1.82, 2.24) is 0 Å². The Morgan fingerprint density at radius 3 is 2.73 bits per heavy atom. The van der Waals surface area contributed by atoms with Crippen molar-refractivity contribution in [3.8, 4) is 0 Å². The molecule has 0 heterocycles. The molecule has 1 aliphatic rings. The zero-order chi connectivity index (χ0) is 11.1. The molecule has 0 bridgehead atoms. The molecule has 0 spiro atoms. The normalized spacial score (nSPS) is 21.1. The first-order valence-corrected chi connectivity index (χ1v) is 7.84. The molecule has 15 heavy (non-hydrogen) atoms. The van der Waals surface area contributed by atoms with E-state index in [-0.39, 0.29) is 0 Å². The Morgan fingerprint density at radius 2 is 2.07 bits per heavy atom. The van der Waals surface area contributed by atoms with E-state index in [2.05, 4.69) is 15.9 Å². The maximum absolute atomic E-state index is 11.2. The number of hydrogen-bond acceptors (Lipinski definition) is 2. The highest BCUT2D eigenvalue weighted by Crippen LogP contribution is 2.29. The smallest absolute Gasteiger partial charge is 0.212 e. The van der Waals surface area contributed by atoms with E-state index in [9.17, 15) is 8.42 Å². The first-order chi connectivity index (χ1) is 6.97. The summed E-state index contributed by atoms with van der Waals surface area (Å²) < 4.78 is 23.5. The summed E-state index contributed by atoms with van der Waals surface area (Å²) in [5.41, 5.74) is 2.32. The molecule has 1 atom stereocenters. The lowest BCUT2D eigenvalue weighted by molar-refractivity contribution is 0.575. The van der Waals surface area contributed by atoms with Gasteiger partial charge in [0, 0.05) is 15.2 Å². The number of fused-ring (bicyclic) bond motifs is 1. The molecule has 5 heteroatoms. The average Bonchev–Trinajstić information content (AvgIpc) is 2.15. The molecule has 0 saturated heterocycles. The van der Waals surface area contributed by atoms with Crippen LogP contribution in [-0.4, -0.2) is 13.7 Å². The van der Waals surface area contributed by atoms with Gasteiger partial charge in [-0.15, -0.1) is 0 Å². The number of hydrogen-bond donors (Lipinski definition) is 0. The van der Waals surface area contributed by atoms with Crippen LogP contribution in [0, 0.1) is 0 Å². The number of aryl methyl sites for hydroxylation is 1. The maximum Gasteiger partial charge on any atom is 0.235 e. The summed E-state index contributed by atoms with van der Waals surface area (Å²) in [6.45, 7) is 0. The van der Waals surface area contributed by atoms with Crippen LogP contribution >= 0.6 is 26.6 Å². The van der Waals surface area contributed by atoms with Crippen molar-refractivity contribution in [2.75, 3.05) is 0 Å². The summed E-state index contributed by atoms with van der Waals surface area (Å²) in [4.78, 5) is 0. The molecule has 0 saturated carbocycles. The third-order valence-corrected chi connectivity index (χ3v) is 5.20. The minimum absolute atomic E-state index is 0.423. The Hall–Kier alpha value is -0.0600. The van der Waals surface area contributed by atoms with Crippen LogP contribution in [-0.2, 0) is 21.9 Å². The van der Waals surface area contributed by atoms with Crippen LogP contribution in [0.15, 0.2) is 22.7 Å². The van der Waals surface area contributed by atoms with Crippen molar-refractivity contribution in [2.24, 2.45) is 0 Å². The van der Waals surface area contributed by atoms with Crippen molar-refractivity contribution < 1.29 is 8.42 Å². The minimum atomic E-state index is -3.42. The molecule has 0 aromatic heterocycles. The zero-order valence-electron chi connectivity index (χ0n) is 7.91. The Balaban J connectivity index is 2.32. The Labute approximate surface area is 102 Å². The molecular weight excluding hydrogens is 300 g/mol. The molecule has 0 N–H and O–H groups in total. The fourth-order valence-corrected chi connectivity index (χ4v) is 3.57. The molecule has 1 aromatic carbocycles. The molecule has 2 nitrogen and oxygen atoms in total. The molecule has 0 radical (unpaired) electrons. The first kappa shape index (κ1) is 11.4. The summed E-state index contributed by atoms with van der Waals surface area (Å²) in [7, 11) is 1.95. The summed E-state index contributed by atoms with van der Waals surface area (Å²) in [5, 5.41) is -0.423. The molecule has 0 fully saturated rings. The van der Waals surface area contributed by atoms with Gasteiger partial charge in [-0.1, -0.05) is 22.0 Å². The standard InChI is InChI=1S/C10H10BrClO2S/c11-9-3-1-8-6-10(15(12,13)14)4-2-7(8)5-9/h1,3,5,10H,2,4,6H2/t10-/m1/s1. The summed E-state index contributed by atoms with van der Waals surface area (Å²) in [6, 6.07) is 5.95. The summed E-state index contributed by atoms with van der Waals surface area (Å²) in [5.74, 6) is 0. The second-order valence-corrected chi connectivity index (χ2v) is 7.58. The van der Waals surface area contributed by atoms with E-state index in [1.54, 1.807) is 0 Å². The predicted octanol–water partition coefficient (Wildman–Crippen LogP) is 2.88. The van der Waals surface area contributed by atoms with Crippen molar-refractivity contribution in [1.29, 1.82) is 0 Å². The van der Waals surface area contributed by atoms with E-state index in [0.717, 1.165) is 16.5 Å². The van der Waals surface area contributed by atoms with Gasteiger partial charge in [0.2, 0.25) is 9.05 Å². The van der Waals surface area contributed by atoms with E-state index in [4.69, 9.17) is 10.7 Å². The first-order valence-electron chi connectivity index (χ1n) is 4.67. The molecule has 1 aromatic rings. The van der Waals surface area contributed by atoms with E-state index < -0.39 is 14.3 Å². The van der Waals surface area contributed by atoms with Crippen LogP contribution in [0.5, 0.6) is 0 Å². The third kappa shape index (κ3) is 2.55. The fourth-order valence-electron chi connectivity index (χ4n) is 1.93. The highest BCUT2D eigenvalue weighted by atomic mass is 79.9. The second kappa shape index (κ2) is 4.07. The lowest BCUT2D eigenvalue weighted by Crippen LogP contribution is -2.24. The number of halogens is 2. The van der Waals surface area contributed by atoms with Gasteiger partial charge >= 0.3 is 0 Å². The van der Waals surface area contributed by atoms with Crippen LogP contribution in [0.1, 0.15) is 17.5 Å². The quantitative estimate of drug-likeness (QED) is 0.748. The van der Waals surface area contributed by atoms with Gasteiger partial charge in [-0.05, 0) is 42.5 Å². The van der Waals surface area contributed by atoms with Gasteiger partial charge in [-0.25, -0.2) is 8.42 Å². The van der Waals surface area contributed by atoms with Crippen molar-refractivity contribution in [3.63, 3.8) is 0 Å². The van der Waals surface area contributed by atoms with E-state index in [1.165, 1.54) is 5.56 Å². The Kier molecular flexibility index (Phi) is 3.10. The van der Waals surface area contributed by atoms with Gasteiger partial charge in [-0.3, -0.25) is 0 Å². The van der Waals surface area contributed by atoms with Crippen LogP contribution in [0.3, 0.4) is 0 Å². The zero-order valence-corrected chi connectivity index (χ0v) is 11.1. The van der Waals surface area contributed by atoms with Gasteiger partial charge < -0.3 is 0 Å². The van der Waals surface area contributed by atoms with Gasteiger partial charge in [0.05, 0.1) is 5.25 Å². The van der Waals surface area contributed by atoms with Gasteiger partial charge in [-0.2, -0.15) is 0 Å². The monoisotopic (exact) mass is 308 g/mol. The van der Waals surface area contributed by atoms with E-state index in [1.807, 2.05) is 18.2 Å². The topological polar surface area (TPSA) is 34.1 Å².